The molecule has 0 fully saturated rings. The molecule has 0 aliphatic heterocycles. The summed E-state index contributed by atoms with van der Waals surface area (Å²) in [6, 6.07) is 0. The van der Waals surface area contributed by atoms with E-state index in [1.165, 1.54) is 6.08 Å². The van der Waals surface area contributed by atoms with E-state index in [0.29, 0.717) is 17.7 Å². The van der Waals surface area contributed by atoms with Crippen molar-refractivity contribution in [3.63, 3.8) is 0 Å². The van der Waals surface area contributed by atoms with E-state index in [0.717, 1.165) is 6.42 Å². The number of amides is 1. The summed E-state index contributed by atoms with van der Waals surface area (Å²) < 4.78 is 5.32. The van der Waals surface area contributed by atoms with Crippen molar-refractivity contribution >= 4 is 5.91 Å². The molecule has 1 rings (SSSR count). The first-order valence-electron chi connectivity index (χ1n) is 4.83. The highest BCUT2D eigenvalue weighted by molar-refractivity contribution is 5.86. The van der Waals surface area contributed by atoms with Crippen LogP contribution < -0.4 is 5.32 Å². The SMILES string of the molecule is C=CC(=O)NCc1nnc(CC(C)C)o1. The number of rotatable bonds is 5. The van der Waals surface area contributed by atoms with Crippen LogP contribution in [0.5, 0.6) is 0 Å². The van der Waals surface area contributed by atoms with Gasteiger partial charge in [0.2, 0.25) is 17.7 Å². The molecule has 1 aromatic rings. The summed E-state index contributed by atoms with van der Waals surface area (Å²) >= 11 is 0. The Hall–Kier alpha value is -1.65. The minimum absolute atomic E-state index is 0.246. The summed E-state index contributed by atoms with van der Waals surface area (Å²) in [4.78, 5) is 10.9. The molecular formula is C10H15N3O2. The van der Waals surface area contributed by atoms with Crippen LogP contribution in [0, 0.1) is 5.92 Å². The smallest absolute Gasteiger partial charge is 0.243 e. The summed E-state index contributed by atoms with van der Waals surface area (Å²) in [6.07, 6.45) is 1.95. The number of hydrogen-bond acceptors (Lipinski definition) is 4. The second kappa shape index (κ2) is 5.29. The molecule has 1 aromatic heterocycles. The highest BCUT2D eigenvalue weighted by Gasteiger charge is 2.07. The van der Waals surface area contributed by atoms with Gasteiger partial charge in [0.25, 0.3) is 0 Å². The highest BCUT2D eigenvalue weighted by Crippen LogP contribution is 2.06. The van der Waals surface area contributed by atoms with Crippen molar-refractivity contribution in [1.82, 2.24) is 15.5 Å². The standard InChI is InChI=1S/C10H15N3O2/c1-4-8(14)11-6-10-13-12-9(15-10)5-7(2)3/h4,7H,1,5-6H2,2-3H3,(H,11,14). The van der Waals surface area contributed by atoms with Crippen LogP contribution >= 0.6 is 0 Å². The molecule has 0 bridgehead atoms. The predicted octanol–water partition coefficient (Wildman–Crippen LogP) is 1.07. The molecule has 0 aliphatic carbocycles. The molecule has 0 saturated heterocycles. The van der Waals surface area contributed by atoms with Crippen molar-refractivity contribution in [2.24, 2.45) is 5.92 Å². The number of nitrogens with zero attached hydrogens (tertiary/aromatic N) is 2. The number of carbonyl (C=O) groups is 1. The average molecular weight is 209 g/mol. The van der Waals surface area contributed by atoms with Gasteiger partial charge in [0.15, 0.2) is 0 Å². The van der Waals surface area contributed by atoms with Gasteiger partial charge in [-0.15, -0.1) is 10.2 Å². The summed E-state index contributed by atoms with van der Waals surface area (Å²) in [7, 11) is 0. The lowest BCUT2D eigenvalue weighted by molar-refractivity contribution is -0.116. The summed E-state index contributed by atoms with van der Waals surface area (Å²) in [5.41, 5.74) is 0. The average Bonchev–Trinajstić information content (AvgIpc) is 2.61. The molecule has 0 aliphatic rings. The fraction of sp³-hybridized carbons (Fsp3) is 0.500. The lowest BCUT2D eigenvalue weighted by atomic mass is 10.1. The Morgan fingerprint density at radius 3 is 2.80 bits per heavy atom. The number of aromatic nitrogens is 2. The van der Waals surface area contributed by atoms with Crippen molar-refractivity contribution in [3.05, 3.63) is 24.4 Å². The van der Waals surface area contributed by atoms with Crippen LogP contribution in [0.1, 0.15) is 25.6 Å². The fourth-order valence-corrected chi connectivity index (χ4v) is 1.03. The van der Waals surface area contributed by atoms with Gasteiger partial charge in [0, 0.05) is 6.42 Å². The lowest BCUT2D eigenvalue weighted by Gasteiger charge is -1.98. The van der Waals surface area contributed by atoms with Gasteiger partial charge in [-0.1, -0.05) is 20.4 Å². The van der Waals surface area contributed by atoms with Crippen LogP contribution in [-0.2, 0) is 17.8 Å². The van der Waals surface area contributed by atoms with Gasteiger partial charge in [0.05, 0.1) is 6.54 Å². The molecule has 0 radical (unpaired) electrons. The molecule has 0 spiro atoms. The van der Waals surface area contributed by atoms with Crippen molar-refractivity contribution in [1.29, 1.82) is 0 Å². The molecule has 0 aromatic carbocycles. The molecule has 0 saturated carbocycles. The fourth-order valence-electron chi connectivity index (χ4n) is 1.03. The Morgan fingerprint density at radius 2 is 2.20 bits per heavy atom. The van der Waals surface area contributed by atoms with Gasteiger partial charge in [-0.25, -0.2) is 0 Å². The normalized spacial score (nSPS) is 10.3. The van der Waals surface area contributed by atoms with Gasteiger partial charge in [0.1, 0.15) is 0 Å². The van der Waals surface area contributed by atoms with Gasteiger partial charge in [-0.2, -0.15) is 0 Å². The first-order chi connectivity index (χ1) is 7.11. The molecule has 1 heterocycles. The second-order valence-corrected chi connectivity index (χ2v) is 3.61. The minimum atomic E-state index is -0.251. The van der Waals surface area contributed by atoms with Gasteiger partial charge >= 0.3 is 0 Å². The summed E-state index contributed by atoms with van der Waals surface area (Å²) in [6.45, 7) is 7.73. The largest absolute Gasteiger partial charge is 0.423 e. The van der Waals surface area contributed by atoms with E-state index in [4.69, 9.17) is 4.42 Å². The van der Waals surface area contributed by atoms with E-state index in [2.05, 4.69) is 35.9 Å². The quantitative estimate of drug-likeness (QED) is 0.736. The number of nitrogens with one attached hydrogen (secondary N) is 1. The monoisotopic (exact) mass is 209 g/mol. The zero-order valence-corrected chi connectivity index (χ0v) is 8.99. The Bertz CT molecular complexity index is 344. The molecule has 5 nitrogen and oxygen atoms in total. The molecule has 0 unspecified atom stereocenters. The van der Waals surface area contributed by atoms with E-state index in [1.54, 1.807) is 0 Å². The molecular weight excluding hydrogens is 194 g/mol. The number of carbonyl (C=O) groups excluding carboxylic acids is 1. The maximum absolute atomic E-state index is 10.9. The Labute approximate surface area is 88.6 Å². The van der Waals surface area contributed by atoms with Crippen LogP contribution in [0.15, 0.2) is 17.1 Å². The van der Waals surface area contributed by atoms with Crippen molar-refractivity contribution < 1.29 is 9.21 Å². The zero-order chi connectivity index (χ0) is 11.3. The molecule has 5 heteroatoms. The minimum Gasteiger partial charge on any atom is -0.423 e. The van der Waals surface area contributed by atoms with E-state index in [9.17, 15) is 4.79 Å². The predicted molar refractivity (Wildman–Crippen MR) is 54.9 cm³/mol. The van der Waals surface area contributed by atoms with E-state index in [1.807, 2.05) is 0 Å². The van der Waals surface area contributed by atoms with Crippen LogP contribution in [0.3, 0.4) is 0 Å². The van der Waals surface area contributed by atoms with Crippen LogP contribution in [0.2, 0.25) is 0 Å². The molecule has 1 amide bonds. The molecule has 82 valence electrons. The van der Waals surface area contributed by atoms with E-state index < -0.39 is 0 Å². The van der Waals surface area contributed by atoms with Crippen LogP contribution in [0.25, 0.3) is 0 Å². The third-order valence-corrected chi connectivity index (χ3v) is 1.69. The molecule has 1 N–H and O–H groups in total. The summed E-state index contributed by atoms with van der Waals surface area (Å²) in [5.74, 6) is 1.24. The van der Waals surface area contributed by atoms with E-state index >= 15 is 0 Å². The van der Waals surface area contributed by atoms with Gasteiger partial charge in [-0.3, -0.25) is 4.79 Å². The molecule has 15 heavy (non-hydrogen) atoms. The van der Waals surface area contributed by atoms with Crippen LogP contribution in [0.4, 0.5) is 0 Å². The van der Waals surface area contributed by atoms with Crippen molar-refractivity contribution in [2.75, 3.05) is 0 Å². The Balaban J connectivity index is 2.45. The Kier molecular flexibility index (Phi) is 4.03. The van der Waals surface area contributed by atoms with Gasteiger partial charge in [-0.05, 0) is 12.0 Å². The third-order valence-electron chi connectivity index (χ3n) is 1.69. The van der Waals surface area contributed by atoms with Crippen LogP contribution in [-0.4, -0.2) is 16.1 Å². The zero-order valence-electron chi connectivity index (χ0n) is 8.99. The maximum Gasteiger partial charge on any atom is 0.243 e. The van der Waals surface area contributed by atoms with Crippen molar-refractivity contribution in [2.45, 2.75) is 26.8 Å². The summed E-state index contributed by atoms with van der Waals surface area (Å²) in [5, 5.41) is 10.2. The lowest BCUT2D eigenvalue weighted by Crippen LogP contribution is -2.20. The third kappa shape index (κ3) is 3.93. The number of hydrogen-bond donors (Lipinski definition) is 1. The van der Waals surface area contributed by atoms with Crippen molar-refractivity contribution in [3.8, 4) is 0 Å². The molecule has 0 atom stereocenters. The first-order valence-corrected chi connectivity index (χ1v) is 4.83. The second-order valence-electron chi connectivity index (χ2n) is 3.61. The maximum atomic E-state index is 10.9. The Morgan fingerprint density at radius 1 is 1.53 bits per heavy atom. The van der Waals surface area contributed by atoms with E-state index in [-0.39, 0.29) is 12.5 Å². The highest BCUT2D eigenvalue weighted by atomic mass is 16.4. The topological polar surface area (TPSA) is 68.0 Å². The first kappa shape index (κ1) is 11.4. The van der Waals surface area contributed by atoms with Gasteiger partial charge < -0.3 is 9.73 Å².